The number of oxazole rings is 1. The minimum Gasteiger partial charge on any atom is -0.424 e. The lowest BCUT2D eigenvalue weighted by Gasteiger charge is -2.17. The van der Waals surface area contributed by atoms with Crippen LogP contribution in [0.4, 0.5) is 10.4 Å². The number of rotatable bonds is 4. The Hall–Kier alpha value is -2.89. The lowest BCUT2D eigenvalue weighted by Crippen LogP contribution is -2.33. The van der Waals surface area contributed by atoms with Gasteiger partial charge in [0.15, 0.2) is 5.58 Å². The van der Waals surface area contributed by atoms with E-state index in [1.807, 2.05) is 36.1 Å². The van der Waals surface area contributed by atoms with Crippen LogP contribution in [0.3, 0.4) is 0 Å². The molecule has 0 bridgehead atoms. The van der Waals surface area contributed by atoms with Crippen molar-refractivity contribution in [2.75, 3.05) is 11.9 Å². The van der Waals surface area contributed by atoms with E-state index >= 15 is 0 Å². The molecule has 3 aromatic rings. The van der Waals surface area contributed by atoms with E-state index in [0.29, 0.717) is 30.6 Å². The molecule has 1 atom stereocenters. The van der Waals surface area contributed by atoms with Crippen LogP contribution in [-0.4, -0.2) is 28.4 Å². The van der Waals surface area contributed by atoms with Crippen LogP contribution in [0.15, 0.2) is 46.9 Å². The summed E-state index contributed by atoms with van der Waals surface area (Å²) in [7, 11) is 0. The number of hydrogen-bond donors (Lipinski definition) is 1. The zero-order chi connectivity index (χ0) is 17.4. The van der Waals surface area contributed by atoms with E-state index in [4.69, 9.17) is 4.42 Å². The van der Waals surface area contributed by atoms with Gasteiger partial charge in [0.25, 0.3) is 6.01 Å². The van der Waals surface area contributed by atoms with Crippen LogP contribution >= 0.6 is 0 Å². The van der Waals surface area contributed by atoms with Gasteiger partial charge in [-0.1, -0.05) is 29.8 Å². The summed E-state index contributed by atoms with van der Waals surface area (Å²) in [4.78, 5) is 18.6. The van der Waals surface area contributed by atoms with Crippen LogP contribution in [0.5, 0.6) is 0 Å². The van der Waals surface area contributed by atoms with Crippen LogP contribution in [0.2, 0.25) is 0 Å². The Labute approximate surface area is 144 Å². The Morgan fingerprint density at radius 3 is 2.88 bits per heavy atom. The smallest absolute Gasteiger partial charge is 0.296 e. The van der Waals surface area contributed by atoms with Gasteiger partial charge in [-0.05, 0) is 31.0 Å². The van der Waals surface area contributed by atoms with Gasteiger partial charge < -0.3 is 14.6 Å². The van der Waals surface area contributed by atoms with Crippen LogP contribution in [0, 0.1) is 12.7 Å². The minimum atomic E-state index is -0.372. The summed E-state index contributed by atoms with van der Waals surface area (Å²) in [5.41, 5.74) is 3.23. The third kappa shape index (κ3) is 3.20. The second-order valence-corrected chi connectivity index (χ2v) is 6.36. The maximum Gasteiger partial charge on any atom is 0.296 e. The molecule has 1 aliphatic heterocycles. The fraction of sp³-hybridized carbons (Fsp3) is 0.263. The molecular formula is C19H18FN3O2. The molecule has 2 aromatic carbocycles. The number of halogens is 1. The van der Waals surface area contributed by atoms with E-state index in [9.17, 15) is 9.18 Å². The van der Waals surface area contributed by atoms with Crippen molar-refractivity contribution in [3.63, 3.8) is 0 Å². The molecule has 1 unspecified atom stereocenters. The van der Waals surface area contributed by atoms with Gasteiger partial charge in [0.2, 0.25) is 5.91 Å². The quantitative estimate of drug-likeness (QED) is 0.790. The monoisotopic (exact) mass is 339 g/mol. The Morgan fingerprint density at radius 1 is 1.28 bits per heavy atom. The molecule has 6 heteroatoms. The third-order valence-corrected chi connectivity index (χ3v) is 4.44. The van der Waals surface area contributed by atoms with Crippen molar-refractivity contribution in [2.45, 2.75) is 25.9 Å². The van der Waals surface area contributed by atoms with Crippen molar-refractivity contribution in [3.8, 4) is 0 Å². The van der Waals surface area contributed by atoms with Crippen molar-refractivity contribution in [2.24, 2.45) is 0 Å². The first kappa shape index (κ1) is 15.6. The van der Waals surface area contributed by atoms with Crippen LogP contribution in [0.25, 0.3) is 11.1 Å². The van der Waals surface area contributed by atoms with Gasteiger partial charge in [-0.3, -0.25) is 4.79 Å². The maximum absolute atomic E-state index is 13.2. The molecule has 4 rings (SSSR count). The second-order valence-electron chi connectivity index (χ2n) is 6.36. The minimum absolute atomic E-state index is 0.0222. The number of anilines is 1. The van der Waals surface area contributed by atoms with Crippen molar-refractivity contribution in [1.29, 1.82) is 0 Å². The van der Waals surface area contributed by atoms with Crippen molar-refractivity contribution < 1.29 is 13.6 Å². The average molecular weight is 339 g/mol. The van der Waals surface area contributed by atoms with E-state index in [-0.39, 0.29) is 23.8 Å². The highest BCUT2D eigenvalue weighted by Gasteiger charge is 2.32. The number of aromatic nitrogens is 1. The Morgan fingerprint density at radius 2 is 2.08 bits per heavy atom. The number of fused-ring (bicyclic) bond motifs is 1. The molecular weight excluding hydrogens is 321 g/mol. The van der Waals surface area contributed by atoms with Crippen molar-refractivity contribution >= 4 is 23.0 Å². The number of likely N-dealkylation sites (tertiary alicyclic amines) is 1. The van der Waals surface area contributed by atoms with Gasteiger partial charge in [0.05, 0.1) is 0 Å². The summed E-state index contributed by atoms with van der Waals surface area (Å²) in [5.74, 6) is -0.345. The van der Waals surface area contributed by atoms with Crippen LogP contribution in [-0.2, 0) is 11.3 Å². The van der Waals surface area contributed by atoms with E-state index in [1.165, 1.54) is 23.8 Å². The van der Waals surface area contributed by atoms with E-state index in [0.717, 1.165) is 5.56 Å². The molecule has 0 spiro atoms. The van der Waals surface area contributed by atoms with Gasteiger partial charge in [-0.25, -0.2) is 4.39 Å². The first-order chi connectivity index (χ1) is 12.1. The second kappa shape index (κ2) is 6.20. The summed E-state index contributed by atoms with van der Waals surface area (Å²) in [6.07, 6.45) is 0.678. The number of amides is 1. The first-order valence-electron chi connectivity index (χ1n) is 8.25. The summed E-state index contributed by atoms with van der Waals surface area (Å²) in [6, 6.07) is 12.2. The van der Waals surface area contributed by atoms with Gasteiger partial charge in [0.1, 0.15) is 17.4 Å². The molecule has 128 valence electrons. The number of nitrogens with zero attached hydrogens (tertiary/aromatic N) is 2. The zero-order valence-electron chi connectivity index (χ0n) is 13.8. The number of hydrogen-bond acceptors (Lipinski definition) is 4. The number of carbonyl (C=O) groups excluding carboxylic acids is 1. The lowest BCUT2D eigenvalue weighted by molar-refractivity contribution is -0.128. The highest BCUT2D eigenvalue weighted by Crippen LogP contribution is 2.23. The molecule has 0 saturated carbocycles. The summed E-state index contributed by atoms with van der Waals surface area (Å²) < 4.78 is 18.8. The molecule has 2 heterocycles. The third-order valence-electron chi connectivity index (χ3n) is 4.44. The van der Waals surface area contributed by atoms with Crippen LogP contribution in [0.1, 0.15) is 17.5 Å². The van der Waals surface area contributed by atoms with Crippen molar-refractivity contribution in [1.82, 2.24) is 9.88 Å². The van der Waals surface area contributed by atoms with Crippen molar-refractivity contribution in [3.05, 3.63) is 59.4 Å². The molecule has 1 aliphatic rings. The molecule has 1 saturated heterocycles. The summed E-state index contributed by atoms with van der Waals surface area (Å²) in [5, 5.41) is 3.03. The number of carbonyl (C=O) groups is 1. The van der Waals surface area contributed by atoms with Gasteiger partial charge in [-0.2, -0.15) is 4.98 Å². The first-order valence-corrected chi connectivity index (χ1v) is 8.25. The summed E-state index contributed by atoms with van der Waals surface area (Å²) in [6.45, 7) is 3.31. The molecule has 5 nitrogen and oxygen atoms in total. The fourth-order valence-electron chi connectivity index (χ4n) is 3.06. The van der Waals surface area contributed by atoms with Crippen LogP contribution < -0.4 is 5.32 Å². The van der Waals surface area contributed by atoms with Gasteiger partial charge >= 0.3 is 0 Å². The Kier molecular flexibility index (Phi) is 3.87. The molecule has 0 aliphatic carbocycles. The SMILES string of the molecule is Cc1ccc(CN2CCC(Nc3nc4cc(F)ccc4o3)C2=O)cc1. The predicted octanol–water partition coefficient (Wildman–Crippen LogP) is 3.49. The standard InChI is InChI=1S/C19H18FN3O2/c1-12-2-4-13(5-3-12)11-23-9-8-15(18(23)24)21-19-22-16-10-14(20)6-7-17(16)25-19/h2-7,10,15H,8-9,11H2,1H3,(H,21,22). The maximum atomic E-state index is 13.2. The Balaban J connectivity index is 1.44. The number of nitrogens with one attached hydrogen (secondary N) is 1. The lowest BCUT2D eigenvalue weighted by atomic mass is 10.1. The van der Waals surface area contributed by atoms with Gasteiger partial charge in [0, 0.05) is 19.2 Å². The van der Waals surface area contributed by atoms with E-state index in [1.54, 1.807) is 0 Å². The molecule has 1 N–H and O–H groups in total. The number of benzene rings is 2. The fourth-order valence-corrected chi connectivity index (χ4v) is 3.06. The zero-order valence-corrected chi connectivity index (χ0v) is 13.8. The topological polar surface area (TPSA) is 58.4 Å². The summed E-state index contributed by atoms with van der Waals surface area (Å²) >= 11 is 0. The van der Waals surface area contributed by atoms with E-state index in [2.05, 4.69) is 10.3 Å². The Bertz CT molecular complexity index is 920. The van der Waals surface area contributed by atoms with Gasteiger partial charge in [-0.15, -0.1) is 0 Å². The molecule has 25 heavy (non-hydrogen) atoms. The molecule has 0 radical (unpaired) electrons. The molecule has 1 aromatic heterocycles. The normalized spacial score (nSPS) is 17.4. The largest absolute Gasteiger partial charge is 0.424 e. The number of aryl methyl sites for hydroxylation is 1. The molecule has 1 fully saturated rings. The molecule has 1 amide bonds. The predicted molar refractivity (Wildman–Crippen MR) is 92.6 cm³/mol. The average Bonchev–Trinajstić information content (AvgIpc) is 3.14. The highest BCUT2D eigenvalue weighted by molar-refractivity contribution is 5.86. The van der Waals surface area contributed by atoms with E-state index < -0.39 is 0 Å². The highest BCUT2D eigenvalue weighted by atomic mass is 19.1.